The molecular weight excluding hydrogens is 289 g/mol. The average Bonchev–Trinajstić information content (AvgIpc) is 2.70. The zero-order chi connectivity index (χ0) is 15.7. The van der Waals surface area contributed by atoms with Crippen LogP contribution in [0.5, 0.6) is 0 Å². The Morgan fingerprint density at radius 1 is 1.38 bits per heavy atom. The molecule has 1 heterocycles. The SMILES string of the molecule is O=C(O)CC1(NC(=O)c2cccn2CC(F)(F)F)CCC1. The van der Waals surface area contributed by atoms with Crippen molar-refractivity contribution in [2.24, 2.45) is 0 Å². The van der Waals surface area contributed by atoms with Gasteiger partial charge in [0.1, 0.15) is 12.2 Å². The molecule has 0 saturated heterocycles. The van der Waals surface area contributed by atoms with Gasteiger partial charge in [-0.25, -0.2) is 0 Å². The fourth-order valence-corrected chi connectivity index (χ4v) is 2.50. The molecule has 1 amide bonds. The van der Waals surface area contributed by atoms with Crippen LogP contribution in [0.4, 0.5) is 13.2 Å². The number of nitrogens with one attached hydrogen (secondary N) is 1. The summed E-state index contributed by atoms with van der Waals surface area (Å²) in [5, 5.41) is 11.4. The molecular formula is C13H15F3N2O3. The Morgan fingerprint density at radius 3 is 2.52 bits per heavy atom. The number of carbonyl (C=O) groups excluding carboxylic acids is 1. The Hall–Kier alpha value is -1.99. The summed E-state index contributed by atoms with van der Waals surface area (Å²) < 4.78 is 38.1. The van der Waals surface area contributed by atoms with E-state index in [1.54, 1.807) is 0 Å². The highest BCUT2D eigenvalue weighted by molar-refractivity contribution is 5.93. The van der Waals surface area contributed by atoms with Crippen molar-refractivity contribution in [1.29, 1.82) is 0 Å². The number of alkyl halides is 3. The van der Waals surface area contributed by atoms with Crippen LogP contribution in [0.25, 0.3) is 0 Å². The lowest BCUT2D eigenvalue weighted by Crippen LogP contribution is -2.55. The van der Waals surface area contributed by atoms with Gasteiger partial charge in [-0.15, -0.1) is 0 Å². The lowest BCUT2D eigenvalue weighted by molar-refractivity contribution is -0.141. The number of halogens is 3. The maximum absolute atomic E-state index is 12.4. The second kappa shape index (κ2) is 5.42. The van der Waals surface area contributed by atoms with Gasteiger partial charge in [0.05, 0.1) is 12.0 Å². The van der Waals surface area contributed by atoms with E-state index in [0.717, 1.165) is 11.0 Å². The Kier molecular flexibility index (Phi) is 3.97. The van der Waals surface area contributed by atoms with E-state index in [9.17, 15) is 22.8 Å². The Labute approximate surface area is 118 Å². The topological polar surface area (TPSA) is 71.3 Å². The third kappa shape index (κ3) is 3.77. The number of carboxylic acid groups (broad SMARTS) is 1. The Balaban J connectivity index is 2.10. The molecule has 0 radical (unpaired) electrons. The molecule has 0 atom stereocenters. The molecule has 1 aromatic heterocycles. The lowest BCUT2D eigenvalue weighted by Gasteiger charge is -2.41. The summed E-state index contributed by atoms with van der Waals surface area (Å²) in [5.41, 5.74) is -0.958. The summed E-state index contributed by atoms with van der Waals surface area (Å²) in [5.74, 6) is -1.72. The number of aromatic nitrogens is 1. The zero-order valence-electron chi connectivity index (χ0n) is 11.1. The monoisotopic (exact) mass is 304 g/mol. The summed E-state index contributed by atoms with van der Waals surface area (Å²) >= 11 is 0. The minimum Gasteiger partial charge on any atom is -0.481 e. The molecule has 0 spiro atoms. The van der Waals surface area contributed by atoms with Crippen molar-refractivity contribution in [1.82, 2.24) is 9.88 Å². The zero-order valence-corrected chi connectivity index (χ0v) is 11.1. The number of aliphatic carboxylic acids is 1. The van der Waals surface area contributed by atoms with E-state index in [1.165, 1.54) is 18.3 Å². The summed E-state index contributed by atoms with van der Waals surface area (Å²) in [4.78, 5) is 22.9. The van der Waals surface area contributed by atoms with Gasteiger partial charge in [0.25, 0.3) is 5.91 Å². The number of hydrogen-bond donors (Lipinski definition) is 2. The van der Waals surface area contributed by atoms with Crippen LogP contribution in [0.3, 0.4) is 0 Å². The number of hydrogen-bond acceptors (Lipinski definition) is 2. The first-order chi connectivity index (χ1) is 9.71. The van der Waals surface area contributed by atoms with Gasteiger partial charge >= 0.3 is 12.1 Å². The smallest absolute Gasteiger partial charge is 0.406 e. The molecule has 1 saturated carbocycles. The number of rotatable bonds is 5. The third-order valence-electron chi connectivity index (χ3n) is 3.59. The Morgan fingerprint density at radius 2 is 2.05 bits per heavy atom. The van der Waals surface area contributed by atoms with Gasteiger partial charge in [0.2, 0.25) is 0 Å². The molecule has 116 valence electrons. The molecule has 1 fully saturated rings. The first-order valence-corrected chi connectivity index (χ1v) is 6.47. The van der Waals surface area contributed by atoms with Crippen LogP contribution in [0, 0.1) is 0 Å². The predicted octanol–water partition coefficient (Wildman–Crippen LogP) is 2.18. The minimum atomic E-state index is -4.43. The minimum absolute atomic E-state index is 0.121. The summed E-state index contributed by atoms with van der Waals surface area (Å²) in [6.07, 6.45) is -1.65. The van der Waals surface area contributed by atoms with Crippen molar-refractivity contribution in [3.63, 3.8) is 0 Å². The first-order valence-electron chi connectivity index (χ1n) is 6.47. The fraction of sp³-hybridized carbons (Fsp3) is 0.538. The van der Waals surface area contributed by atoms with Gasteiger partial charge in [-0.05, 0) is 31.4 Å². The van der Waals surface area contributed by atoms with E-state index in [-0.39, 0.29) is 12.1 Å². The standard InChI is InChI=1S/C13H15F3N2O3/c14-13(15,16)8-18-6-1-3-9(18)11(21)17-12(4-2-5-12)7-10(19)20/h1,3,6H,2,4-5,7-8H2,(H,17,21)(H,19,20). The number of carboxylic acids is 1. The maximum Gasteiger partial charge on any atom is 0.406 e. The highest BCUT2D eigenvalue weighted by Gasteiger charge is 2.41. The van der Waals surface area contributed by atoms with Gasteiger partial charge in [0.15, 0.2) is 0 Å². The summed E-state index contributed by atoms with van der Waals surface area (Å²) in [7, 11) is 0. The third-order valence-corrected chi connectivity index (χ3v) is 3.59. The maximum atomic E-state index is 12.4. The molecule has 0 aliphatic heterocycles. The molecule has 0 aromatic carbocycles. The van der Waals surface area contributed by atoms with Crippen LogP contribution in [-0.4, -0.2) is 33.3 Å². The molecule has 21 heavy (non-hydrogen) atoms. The summed E-state index contributed by atoms with van der Waals surface area (Å²) in [6.45, 7) is -1.26. The first kappa shape index (κ1) is 15.4. The van der Waals surface area contributed by atoms with Crippen LogP contribution >= 0.6 is 0 Å². The van der Waals surface area contributed by atoms with E-state index in [4.69, 9.17) is 5.11 Å². The highest BCUT2D eigenvalue weighted by atomic mass is 19.4. The van der Waals surface area contributed by atoms with Crippen LogP contribution in [0.15, 0.2) is 18.3 Å². The van der Waals surface area contributed by atoms with Crippen molar-refractivity contribution in [2.75, 3.05) is 0 Å². The molecule has 0 unspecified atom stereocenters. The second-order valence-corrected chi connectivity index (χ2v) is 5.30. The van der Waals surface area contributed by atoms with Gasteiger partial charge < -0.3 is 15.0 Å². The highest BCUT2D eigenvalue weighted by Crippen LogP contribution is 2.35. The van der Waals surface area contributed by atoms with Crippen molar-refractivity contribution in [3.8, 4) is 0 Å². The van der Waals surface area contributed by atoms with E-state index in [2.05, 4.69) is 5.32 Å². The van der Waals surface area contributed by atoms with Crippen molar-refractivity contribution in [2.45, 2.75) is 43.9 Å². The van der Waals surface area contributed by atoms with Crippen LogP contribution in [0.1, 0.15) is 36.2 Å². The molecule has 1 aliphatic rings. The molecule has 5 nitrogen and oxygen atoms in total. The number of nitrogens with zero attached hydrogens (tertiary/aromatic N) is 1. The van der Waals surface area contributed by atoms with Gasteiger partial charge in [-0.1, -0.05) is 0 Å². The summed E-state index contributed by atoms with van der Waals surface area (Å²) in [6, 6.07) is 2.64. The van der Waals surface area contributed by atoms with Crippen molar-refractivity contribution >= 4 is 11.9 Å². The quantitative estimate of drug-likeness (QED) is 0.876. The van der Waals surface area contributed by atoms with Gasteiger partial charge in [-0.3, -0.25) is 9.59 Å². The van der Waals surface area contributed by atoms with E-state index in [0.29, 0.717) is 12.8 Å². The van der Waals surface area contributed by atoms with Crippen molar-refractivity contribution in [3.05, 3.63) is 24.0 Å². The van der Waals surface area contributed by atoms with Crippen molar-refractivity contribution < 1.29 is 27.9 Å². The van der Waals surface area contributed by atoms with E-state index < -0.39 is 30.1 Å². The molecule has 8 heteroatoms. The molecule has 2 N–H and O–H groups in total. The van der Waals surface area contributed by atoms with Crippen LogP contribution < -0.4 is 5.32 Å². The molecule has 1 aliphatic carbocycles. The number of amides is 1. The molecule has 2 rings (SSSR count). The second-order valence-electron chi connectivity index (χ2n) is 5.30. The van der Waals surface area contributed by atoms with Gasteiger partial charge in [0, 0.05) is 6.20 Å². The molecule has 0 bridgehead atoms. The normalized spacial score (nSPS) is 17.1. The Bertz CT molecular complexity index is 547. The predicted molar refractivity (Wildman–Crippen MR) is 66.8 cm³/mol. The van der Waals surface area contributed by atoms with Crippen LogP contribution in [0.2, 0.25) is 0 Å². The van der Waals surface area contributed by atoms with E-state index in [1.807, 2.05) is 0 Å². The fourth-order valence-electron chi connectivity index (χ4n) is 2.50. The van der Waals surface area contributed by atoms with E-state index >= 15 is 0 Å². The average molecular weight is 304 g/mol. The van der Waals surface area contributed by atoms with Gasteiger partial charge in [-0.2, -0.15) is 13.2 Å². The van der Waals surface area contributed by atoms with Crippen LogP contribution in [-0.2, 0) is 11.3 Å². The largest absolute Gasteiger partial charge is 0.481 e. The number of carbonyl (C=O) groups is 2. The molecule has 1 aromatic rings. The lowest BCUT2D eigenvalue weighted by atomic mass is 9.74.